The number of benzene rings is 1. The predicted octanol–water partition coefficient (Wildman–Crippen LogP) is 3.30. The second-order valence-corrected chi connectivity index (χ2v) is 5.16. The fourth-order valence-electron chi connectivity index (χ4n) is 2.67. The number of aliphatic carboxylic acids is 1. The topological polar surface area (TPSA) is 54.4 Å². The highest BCUT2D eigenvalue weighted by Crippen LogP contribution is 2.42. The minimum atomic E-state index is -0.871. The number of carbonyl (C=O) groups is 2. The van der Waals surface area contributed by atoms with Gasteiger partial charge in [-0.15, -0.1) is 0 Å². The van der Waals surface area contributed by atoms with E-state index in [1.807, 2.05) is 43.3 Å². The normalized spacial score (nSPS) is 19.2. The van der Waals surface area contributed by atoms with Crippen LogP contribution in [0.4, 0.5) is 0 Å². The molecule has 1 aliphatic carbocycles. The maximum absolute atomic E-state index is 11.7. The number of hydrogen-bond acceptors (Lipinski definition) is 2. The molecule has 1 aliphatic rings. The molecule has 0 aliphatic heterocycles. The molecular formula is C16H18O3. The van der Waals surface area contributed by atoms with Gasteiger partial charge in [-0.3, -0.25) is 9.59 Å². The molecule has 3 heteroatoms. The molecule has 0 amide bonds. The Balaban J connectivity index is 2.32. The first-order valence-corrected chi connectivity index (χ1v) is 6.53. The first-order valence-electron chi connectivity index (χ1n) is 6.53. The van der Waals surface area contributed by atoms with E-state index in [4.69, 9.17) is 0 Å². The zero-order valence-corrected chi connectivity index (χ0v) is 11.1. The summed E-state index contributed by atoms with van der Waals surface area (Å²) in [7, 11) is 0. The quantitative estimate of drug-likeness (QED) is 0.905. The predicted molar refractivity (Wildman–Crippen MR) is 73.6 cm³/mol. The summed E-state index contributed by atoms with van der Waals surface area (Å²) in [4.78, 5) is 23.0. The van der Waals surface area contributed by atoms with E-state index < -0.39 is 11.4 Å². The molecule has 1 aromatic rings. The van der Waals surface area contributed by atoms with Crippen LogP contribution in [0.15, 0.2) is 35.9 Å². The van der Waals surface area contributed by atoms with Gasteiger partial charge in [0.05, 0.1) is 5.41 Å². The molecule has 1 saturated carbocycles. The van der Waals surface area contributed by atoms with Crippen LogP contribution in [-0.2, 0) is 9.59 Å². The first-order chi connectivity index (χ1) is 9.04. The molecule has 0 aromatic heterocycles. The Hall–Kier alpha value is -1.90. The van der Waals surface area contributed by atoms with E-state index in [2.05, 4.69) is 0 Å². The molecule has 3 nitrogen and oxygen atoms in total. The van der Waals surface area contributed by atoms with Gasteiger partial charge < -0.3 is 5.11 Å². The average Bonchev–Trinajstić information content (AvgIpc) is 2.40. The van der Waals surface area contributed by atoms with Gasteiger partial charge in [-0.1, -0.05) is 42.0 Å². The van der Waals surface area contributed by atoms with Crippen LogP contribution in [0.1, 0.15) is 38.2 Å². The van der Waals surface area contributed by atoms with Gasteiger partial charge in [0.15, 0.2) is 0 Å². The number of hydrogen-bond donors (Lipinski definition) is 1. The zero-order valence-electron chi connectivity index (χ0n) is 11.1. The molecule has 2 rings (SSSR count). The molecule has 100 valence electrons. The third-order valence-electron chi connectivity index (χ3n) is 4.01. The van der Waals surface area contributed by atoms with Crippen molar-refractivity contribution in [2.24, 2.45) is 5.41 Å². The van der Waals surface area contributed by atoms with Crippen molar-refractivity contribution in [3.05, 3.63) is 41.5 Å². The Morgan fingerprint density at radius 3 is 2.32 bits per heavy atom. The molecule has 0 atom stereocenters. The lowest BCUT2D eigenvalue weighted by Crippen LogP contribution is -2.36. The average molecular weight is 258 g/mol. The van der Waals surface area contributed by atoms with Crippen molar-refractivity contribution in [1.82, 2.24) is 0 Å². The second kappa shape index (κ2) is 5.39. The van der Waals surface area contributed by atoms with E-state index >= 15 is 0 Å². The van der Waals surface area contributed by atoms with E-state index in [-0.39, 0.29) is 5.78 Å². The summed E-state index contributed by atoms with van der Waals surface area (Å²) in [6.07, 6.45) is 3.48. The molecule has 1 fully saturated rings. The lowest BCUT2D eigenvalue weighted by atomic mass is 9.69. The molecular weight excluding hydrogens is 240 g/mol. The third-order valence-corrected chi connectivity index (χ3v) is 4.01. The van der Waals surface area contributed by atoms with Crippen molar-refractivity contribution < 1.29 is 14.7 Å². The number of carboxylic acid groups (broad SMARTS) is 1. The number of ketones is 1. The van der Waals surface area contributed by atoms with E-state index in [9.17, 15) is 14.7 Å². The maximum Gasteiger partial charge on any atom is 0.313 e. The molecule has 0 bridgehead atoms. The Bertz CT molecular complexity index is 504. The van der Waals surface area contributed by atoms with Crippen LogP contribution >= 0.6 is 0 Å². The number of carboxylic acids is 1. The number of carbonyl (C=O) groups excluding carboxylic acids is 1. The summed E-state index contributed by atoms with van der Waals surface area (Å²) in [6.45, 7) is 1.86. The SMILES string of the molecule is C/C(=C\c1ccccc1)C1(C(=O)O)CCC(=O)CC1. The number of rotatable bonds is 3. The van der Waals surface area contributed by atoms with Gasteiger partial charge in [0, 0.05) is 12.8 Å². The molecule has 0 spiro atoms. The van der Waals surface area contributed by atoms with Crippen LogP contribution in [0.25, 0.3) is 6.08 Å². The monoisotopic (exact) mass is 258 g/mol. The van der Waals surface area contributed by atoms with Gasteiger partial charge in [-0.2, -0.15) is 0 Å². The number of Topliss-reactive ketones (excluding diaryl/α,β-unsaturated/α-hetero) is 1. The highest BCUT2D eigenvalue weighted by molar-refractivity contribution is 5.86. The van der Waals surface area contributed by atoms with Crippen LogP contribution in [0.3, 0.4) is 0 Å². The molecule has 1 N–H and O–H groups in total. The highest BCUT2D eigenvalue weighted by atomic mass is 16.4. The summed E-state index contributed by atoms with van der Waals surface area (Å²) in [5, 5.41) is 9.57. The Morgan fingerprint density at radius 1 is 1.21 bits per heavy atom. The fraction of sp³-hybridized carbons (Fsp3) is 0.375. The summed E-state index contributed by atoms with van der Waals surface area (Å²) < 4.78 is 0. The molecule has 0 heterocycles. The van der Waals surface area contributed by atoms with Crippen molar-refractivity contribution in [3.63, 3.8) is 0 Å². The van der Waals surface area contributed by atoms with Crippen molar-refractivity contribution in [1.29, 1.82) is 0 Å². The van der Waals surface area contributed by atoms with Crippen molar-refractivity contribution in [2.45, 2.75) is 32.6 Å². The maximum atomic E-state index is 11.7. The largest absolute Gasteiger partial charge is 0.481 e. The van der Waals surface area contributed by atoms with Crippen LogP contribution in [-0.4, -0.2) is 16.9 Å². The molecule has 1 aromatic carbocycles. The Morgan fingerprint density at radius 2 is 1.79 bits per heavy atom. The van der Waals surface area contributed by atoms with E-state index in [1.165, 1.54) is 0 Å². The zero-order chi connectivity index (χ0) is 13.9. The Kier molecular flexibility index (Phi) is 3.84. The van der Waals surface area contributed by atoms with Gasteiger partial charge in [0.25, 0.3) is 0 Å². The second-order valence-electron chi connectivity index (χ2n) is 5.16. The van der Waals surface area contributed by atoms with Gasteiger partial charge in [0.2, 0.25) is 0 Å². The van der Waals surface area contributed by atoms with Crippen molar-refractivity contribution in [2.75, 3.05) is 0 Å². The molecule has 0 saturated heterocycles. The van der Waals surface area contributed by atoms with Crippen molar-refractivity contribution >= 4 is 17.8 Å². The van der Waals surface area contributed by atoms with Crippen LogP contribution in [0.5, 0.6) is 0 Å². The molecule has 0 radical (unpaired) electrons. The van der Waals surface area contributed by atoms with E-state index in [0.29, 0.717) is 25.7 Å². The third kappa shape index (κ3) is 2.75. The fourth-order valence-corrected chi connectivity index (χ4v) is 2.67. The minimum Gasteiger partial charge on any atom is -0.481 e. The van der Waals surface area contributed by atoms with E-state index in [1.54, 1.807) is 0 Å². The smallest absolute Gasteiger partial charge is 0.313 e. The minimum absolute atomic E-state index is 0.171. The summed E-state index contributed by atoms with van der Waals surface area (Å²) in [5.41, 5.74) is 0.959. The van der Waals surface area contributed by atoms with E-state index in [0.717, 1.165) is 11.1 Å². The summed E-state index contributed by atoms with van der Waals surface area (Å²) in [6, 6.07) is 9.69. The molecule has 0 unspecified atom stereocenters. The Labute approximate surface area is 113 Å². The van der Waals surface area contributed by atoms with Crippen LogP contribution < -0.4 is 0 Å². The first kappa shape index (κ1) is 13.5. The highest BCUT2D eigenvalue weighted by Gasteiger charge is 2.42. The molecule has 19 heavy (non-hydrogen) atoms. The summed E-state index contributed by atoms with van der Waals surface area (Å²) >= 11 is 0. The van der Waals surface area contributed by atoms with Crippen LogP contribution in [0, 0.1) is 5.41 Å². The summed E-state index contributed by atoms with van der Waals surface area (Å²) in [5.74, 6) is -0.644. The van der Waals surface area contributed by atoms with Gasteiger partial charge >= 0.3 is 5.97 Å². The van der Waals surface area contributed by atoms with Gasteiger partial charge in [-0.25, -0.2) is 0 Å². The lowest BCUT2D eigenvalue weighted by molar-refractivity contribution is -0.149. The van der Waals surface area contributed by atoms with Crippen molar-refractivity contribution in [3.8, 4) is 0 Å². The van der Waals surface area contributed by atoms with Gasteiger partial charge in [0.1, 0.15) is 5.78 Å². The van der Waals surface area contributed by atoms with Gasteiger partial charge in [-0.05, 0) is 25.3 Å². The van der Waals surface area contributed by atoms with Crippen LogP contribution in [0.2, 0.25) is 0 Å². The lowest BCUT2D eigenvalue weighted by Gasteiger charge is -2.33. The standard InChI is InChI=1S/C16H18O3/c1-12(11-13-5-3-2-4-6-13)16(15(18)19)9-7-14(17)8-10-16/h2-6,11H,7-10H2,1H3,(H,18,19)/b12-11+.